The number of rotatable bonds is 7. The lowest BCUT2D eigenvalue weighted by atomic mass is 9.98. The molecule has 1 fully saturated rings. The second kappa shape index (κ2) is 9.03. The van der Waals surface area contributed by atoms with Crippen molar-refractivity contribution in [3.63, 3.8) is 0 Å². The summed E-state index contributed by atoms with van der Waals surface area (Å²) in [6, 6.07) is 6.05. The summed E-state index contributed by atoms with van der Waals surface area (Å²) in [4.78, 5) is 11.6. The maximum atomic E-state index is 11.6. The first-order chi connectivity index (χ1) is 15.6. The average molecular weight is 466 g/mol. The van der Waals surface area contributed by atoms with E-state index in [-0.39, 0.29) is 12.2 Å². The van der Waals surface area contributed by atoms with Gasteiger partial charge in [-0.3, -0.25) is 0 Å². The number of ether oxygens (including phenoxy) is 3. The van der Waals surface area contributed by atoms with E-state index in [1.807, 2.05) is 0 Å². The van der Waals surface area contributed by atoms with Gasteiger partial charge in [-0.1, -0.05) is 0 Å². The number of furan rings is 1. The third-order valence-electron chi connectivity index (χ3n) is 5.77. The Morgan fingerprint density at radius 2 is 1.79 bits per heavy atom. The number of fused-ring (bicyclic) bond motifs is 2. The summed E-state index contributed by atoms with van der Waals surface area (Å²) in [7, 11) is 0. The zero-order chi connectivity index (χ0) is 23.9. The van der Waals surface area contributed by atoms with Gasteiger partial charge in [-0.15, -0.1) is 0 Å². The van der Waals surface area contributed by atoms with Crippen LogP contribution in [0.3, 0.4) is 0 Å². The monoisotopic (exact) mass is 466 g/mol. The van der Waals surface area contributed by atoms with E-state index in [1.165, 1.54) is 26.2 Å². The standard InChI is InChI=1S/C22H26O11/c1-22(2,33-21-19(28)18(27)17(26)14(8-23)32-21)15(24)9-30-20-10-3-4-16(25)31-13(10)7-12-11(20)5-6-29-12/h3-7,14-15,17-19,21,23-24,26-28H,8-9H2,1-2H3/t14-,15+,17-,18+,19-,21-/m1/s1. The van der Waals surface area contributed by atoms with Crippen LogP contribution >= 0.6 is 0 Å². The highest BCUT2D eigenvalue weighted by molar-refractivity contribution is 6.01. The molecule has 1 aliphatic rings. The minimum absolute atomic E-state index is 0.256. The molecule has 1 aromatic carbocycles. The van der Waals surface area contributed by atoms with Crippen molar-refractivity contribution < 1.29 is 48.6 Å². The van der Waals surface area contributed by atoms with Crippen LogP contribution < -0.4 is 10.4 Å². The van der Waals surface area contributed by atoms with Crippen LogP contribution in [-0.2, 0) is 9.47 Å². The molecule has 1 saturated heterocycles. The van der Waals surface area contributed by atoms with Crippen molar-refractivity contribution in [2.75, 3.05) is 13.2 Å². The van der Waals surface area contributed by atoms with Gasteiger partial charge in [-0.05, 0) is 26.0 Å². The van der Waals surface area contributed by atoms with Crippen LogP contribution in [0, 0.1) is 0 Å². The summed E-state index contributed by atoms with van der Waals surface area (Å²) in [5, 5.41) is 51.3. The van der Waals surface area contributed by atoms with Crippen molar-refractivity contribution in [3.05, 3.63) is 40.9 Å². The lowest BCUT2D eigenvalue weighted by Crippen LogP contribution is -2.61. The summed E-state index contributed by atoms with van der Waals surface area (Å²) in [5.74, 6) is 0.336. The van der Waals surface area contributed by atoms with Crippen LogP contribution in [0.4, 0.5) is 0 Å². The molecule has 180 valence electrons. The molecule has 4 rings (SSSR count). The van der Waals surface area contributed by atoms with Crippen LogP contribution in [0.25, 0.3) is 21.9 Å². The van der Waals surface area contributed by atoms with E-state index in [1.54, 1.807) is 18.2 Å². The van der Waals surface area contributed by atoms with Gasteiger partial charge in [0.15, 0.2) is 6.29 Å². The third-order valence-corrected chi connectivity index (χ3v) is 5.77. The maximum Gasteiger partial charge on any atom is 0.336 e. The Kier molecular flexibility index (Phi) is 6.47. The highest BCUT2D eigenvalue weighted by Gasteiger charge is 2.47. The van der Waals surface area contributed by atoms with E-state index in [0.29, 0.717) is 22.1 Å². The summed E-state index contributed by atoms with van der Waals surface area (Å²) < 4.78 is 27.6. The minimum Gasteiger partial charge on any atom is -0.489 e. The van der Waals surface area contributed by atoms with Gasteiger partial charge in [-0.25, -0.2) is 4.79 Å². The fourth-order valence-electron chi connectivity index (χ4n) is 3.67. The van der Waals surface area contributed by atoms with Gasteiger partial charge >= 0.3 is 5.63 Å². The summed E-state index contributed by atoms with van der Waals surface area (Å²) in [6.07, 6.45) is -7.10. The molecule has 3 heterocycles. The van der Waals surface area contributed by atoms with Crippen molar-refractivity contribution >= 4 is 21.9 Å². The normalized spacial score (nSPS) is 27.2. The molecule has 0 spiro atoms. The molecule has 3 aromatic rings. The van der Waals surface area contributed by atoms with Crippen LogP contribution in [0.1, 0.15) is 13.8 Å². The predicted molar refractivity (Wildman–Crippen MR) is 113 cm³/mol. The van der Waals surface area contributed by atoms with E-state index >= 15 is 0 Å². The molecular weight excluding hydrogens is 440 g/mol. The van der Waals surface area contributed by atoms with E-state index in [9.17, 15) is 30.3 Å². The van der Waals surface area contributed by atoms with E-state index in [2.05, 4.69) is 0 Å². The Hall–Kier alpha value is -2.51. The van der Waals surface area contributed by atoms with Gasteiger partial charge in [-0.2, -0.15) is 0 Å². The molecule has 0 bridgehead atoms. The number of aliphatic hydroxyl groups is 5. The van der Waals surface area contributed by atoms with E-state index < -0.39 is 54.6 Å². The lowest BCUT2D eigenvalue weighted by molar-refractivity contribution is -0.332. The van der Waals surface area contributed by atoms with Gasteiger partial charge < -0.3 is 48.6 Å². The molecule has 0 amide bonds. The molecule has 33 heavy (non-hydrogen) atoms. The van der Waals surface area contributed by atoms with Gasteiger partial charge in [0.25, 0.3) is 0 Å². The number of aliphatic hydroxyl groups excluding tert-OH is 5. The Balaban J connectivity index is 1.52. The molecule has 1 aliphatic heterocycles. The van der Waals surface area contributed by atoms with Crippen molar-refractivity contribution in [3.8, 4) is 5.75 Å². The first-order valence-corrected chi connectivity index (χ1v) is 10.4. The van der Waals surface area contributed by atoms with E-state index in [4.69, 9.17) is 23.0 Å². The van der Waals surface area contributed by atoms with E-state index in [0.717, 1.165) is 0 Å². The van der Waals surface area contributed by atoms with Crippen LogP contribution in [0.5, 0.6) is 5.75 Å². The minimum atomic E-state index is -1.61. The largest absolute Gasteiger partial charge is 0.489 e. The second-order valence-corrected chi connectivity index (χ2v) is 8.45. The third kappa shape index (κ3) is 4.49. The van der Waals surface area contributed by atoms with Crippen molar-refractivity contribution in [1.29, 1.82) is 0 Å². The van der Waals surface area contributed by atoms with Gasteiger partial charge in [0.05, 0.1) is 29.2 Å². The predicted octanol–water partition coefficient (Wildman–Crippen LogP) is -0.126. The molecule has 11 nitrogen and oxygen atoms in total. The molecule has 5 N–H and O–H groups in total. The molecule has 0 saturated carbocycles. The molecular formula is C22H26O11. The number of hydrogen-bond donors (Lipinski definition) is 5. The molecule has 6 atom stereocenters. The van der Waals surface area contributed by atoms with Gasteiger partial charge in [0.2, 0.25) is 0 Å². The van der Waals surface area contributed by atoms with Crippen LogP contribution in [0.15, 0.2) is 44.2 Å². The van der Waals surface area contributed by atoms with Crippen molar-refractivity contribution in [2.24, 2.45) is 0 Å². The van der Waals surface area contributed by atoms with Crippen molar-refractivity contribution in [1.82, 2.24) is 0 Å². The Bertz CT molecular complexity index is 1160. The Labute approximate surface area is 187 Å². The first kappa shape index (κ1) is 23.6. The van der Waals surface area contributed by atoms with Gasteiger partial charge in [0.1, 0.15) is 54.0 Å². The SMILES string of the molecule is CC(C)(O[C@H]1O[C@H](CO)[C@@H](O)[C@H](O)[C@H]1O)[C@@H](O)COc1c2ccoc2cc2oc(=O)ccc12. The molecule has 11 heteroatoms. The zero-order valence-corrected chi connectivity index (χ0v) is 18.0. The quantitative estimate of drug-likeness (QED) is 0.294. The highest BCUT2D eigenvalue weighted by atomic mass is 16.7. The first-order valence-electron chi connectivity index (χ1n) is 10.4. The molecule has 0 radical (unpaired) electrons. The lowest BCUT2D eigenvalue weighted by Gasteiger charge is -2.43. The van der Waals surface area contributed by atoms with Gasteiger partial charge in [0, 0.05) is 12.1 Å². The maximum absolute atomic E-state index is 11.6. The van der Waals surface area contributed by atoms with Crippen molar-refractivity contribution in [2.45, 2.75) is 56.3 Å². The highest BCUT2D eigenvalue weighted by Crippen LogP contribution is 2.35. The smallest absolute Gasteiger partial charge is 0.336 e. The summed E-state index contributed by atoms with van der Waals surface area (Å²) in [5.41, 5.74) is -1.20. The second-order valence-electron chi connectivity index (χ2n) is 8.45. The molecule has 0 unspecified atom stereocenters. The summed E-state index contributed by atoms with van der Waals surface area (Å²) >= 11 is 0. The molecule has 0 aliphatic carbocycles. The fourth-order valence-corrected chi connectivity index (χ4v) is 3.67. The topological polar surface area (TPSA) is 172 Å². The summed E-state index contributed by atoms with van der Waals surface area (Å²) in [6.45, 7) is 2.19. The molecule has 2 aromatic heterocycles. The Morgan fingerprint density at radius 1 is 1.06 bits per heavy atom. The Morgan fingerprint density at radius 3 is 2.52 bits per heavy atom. The van der Waals surface area contributed by atoms with Crippen LogP contribution in [-0.4, -0.2) is 81.2 Å². The number of hydrogen-bond acceptors (Lipinski definition) is 11. The number of benzene rings is 1. The fraction of sp³-hybridized carbons (Fsp3) is 0.500. The van der Waals surface area contributed by atoms with Crippen LogP contribution in [0.2, 0.25) is 0 Å². The zero-order valence-electron chi connectivity index (χ0n) is 18.0. The average Bonchev–Trinajstić information content (AvgIpc) is 3.24.